The Bertz CT molecular complexity index is 543. The van der Waals surface area contributed by atoms with Crippen LogP contribution in [0.4, 0.5) is 16.4 Å². The first-order valence-electron chi connectivity index (χ1n) is 4.70. The van der Waals surface area contributed by atoms with E-state index in [4.69, 9.17) is 0 Å². The lowest BCUT2D eigenvalue weighted by atomic mass is 10.3. The molecule has 15 heavy (non-hydrogen) atoms. The molecule has 0 saturated heterocycles. The fourth-order valence-corrected chi connectivity index (χ4v) is 2.37. The molecule has 0 radical (unpaired) electrons. The number of nitrogens with one attached hydrogen (secondary N) is 1. The smallest absolute Gasteiger partial charge is 0.122 e. The lowest BCUT2D eigenvalue weighted by Crippen LogP contribution is -1.88. The van der Waals surface area contributed by atoms with E-state index in [2.05, 4.69) is 15.3 Å². The third kappa shape index (κ3) is 1.43. The molecule has 0 unspecified atom stereocenters. The van der Waals surface area contributed by atoms with Crippen LogP contribution in [0.2, 0.25) is 0 Å². The topological polar surface area (TPSA) is 37.3 Å². The predicted octanol–water partition coefficient (Wildman–Crippen LogP) is 3.26. The van der Waals surface area contributed by atoms with E-state index in [9.17, 15) is 0 Å². The maximum atomic E-state index is 4.40. The number of aromatic nitrogens is 1. The number of hydrogen-bond acceptors (Lipinski definition) is 4. The van der Waals surface area contributed by atoms with Gasteiger partial charge in [0.05, 0.1) is 22.6 Å². The summed E-state index contributed by atoms with van der Waals surface area (Å²) in [6.45, 7) is 2.00. The molecule has 1 aliphatic heterocycles. The number of nitrogens with zero attached hydrogens (tertiary/aromatic N) is 2. The second-order valence-corrected chi connectivity index (χ2v) is 4.55. The van der Waals surface area contributed by atoms with Gasteiger partial charge in [-0.2, -0.15) is 0 Å². The monoisotopic (exact) mass is 215 g/mol. The summed E-state index contributed by atoms with van der Waals surface area (Å²) in [6, 6.07) is 8.00. The summed E-state index contributed by atoms with van der Waals surface area (Å²) < 4.78 is 0. The number of aryl methyl sites for hydroxylation is 1. The zero-order chi connectivity index (χ0) is 10.3. The van der Waals surface area contributed by atoms with Gasteiger partial charge in [-0.05, 0) is 19.1 Å². The van der Waals surface area contributed by atoms with Crippen LogP contribution in [-0.2, 0) is 0 Å². The van der Waals surface area contributed by atoms with Gasteiger partial charge in [-0.25, -0.2) is 4.98 Å². The quantitative estimate of drug-likeness (QED) is 0.625. The average molecular weight is 215 g/mol. The van der Waals surface area contributed by atoms with E-state index >= 15 is 0 Å². The van der Waals surface area contributed by atoms with Gasteiger partial charge in [0.25, 0.3) is 0 Å². The third-order valence-electron chi connectivity index (χ3n) is 2.24. The van der Waals surface area contributed by atoms with Crippen LogP contribution in [-0.4, -0.2) is 11.2 Å². The van der Waals surface area contributed by atoms with Crippen molar-refractivity contribution < 1.29 is 0 Å². The summed E-state index contributed by atoms with van der Waals surface area (Å²) in [5.74, 6) is 0. The number of rotatable bonds is 0. The molecule has 1 aliphatic rings. The summed E-state index contributed by atoms with van der Waals surface area (Å²) in [6.07, 6.45) is 1.82. The number of thiazole rings is 1. The van der Waals surface area contributed by atoms with Gasteiger partial charge in [0.15, 0.2) is 0 Å². The number of anilines is 2. The van der Waals surface area contributed by atoms with Crippen molar-refractivity contribution >= 4 is 33.9 Å². The normalized spacial score (nSPS) is 12.6. The fraction of sp³-hybridized carbons (Fsp3) is 0.0909. The van der Waals surface area contributed by atoms with E-state index in [-0.39, 0.29) is 0 Å². The minimum absolute atomic E-state index is 0.925. The minimum atomic E-state index is 0.925. The van der Waals surface area contributed by atoms with Crippen molar-refractivity contribution in [2.75, 3.05) is 5.32 Å². The lowest BCUT2D eigenvalue weighted by Gasteiger charge is -2.03. The van der Waals surface area contributed by atoms with Crippen molar-refractivity contribution in [3.63, 3.8) is 0 Å². The Morgan fingerprint density at radius 2 is 2.13 bits per heavy atom. The average Bonchev–Trinajstić information content (AvgIpc) is 2.49. The Labute approximate surface area is 91.5 Å². The molecule has 0 saturated carbocycles. The molecule has 0 bridgehead atoms. The minimum Gasteiger partial charge on any atom is -0.344 e. The molecule has 74 valence electrons. The zero-order valence-electron chi connectivity index (χ0n) is 8.19. The van der Waals surface area contributed by atoms with E-state index in [0.29, 0.717) is 0 Å². The molecule has 2 heterocycles. The van der Waals surface area contributed by atoms with Gasteiger partial charge in [-0.1, -0.05) is 12.1 Å². The Balaban J connectivity index is 2.17. The van der Waals surface area contributed by atoms with E-state index in [1.165, 1.54) is 0 Å². The van der Waals surface area contributed by atoms with Crippen molar-refractivity contribution in [2.24, 2.45) is 4.99 Å². The third-order valence-corrected chi connectivity index (χ3v) is 3.14. The highest BCUT2D eigenvalue weighted by Gasteiger charge is 2.12. The molecule has 2 aromatic rings. The van der Waals surface area contributed by atoms with Crippen LogP contribution in [0.3, 0.4) is 0 Å². The number of para-hydroxylation sites is 2. The Hall–Kier alpha value is -1.68. The highest BCUT2D eigenvalue weighted by atomic mass is 32.1. The number of fused-ring (bicyclic) bond motifs is 2. The Kier molecular flexibility index (Phi) is 1.82. The van der Waals surface area contributed by atoms with Gasteiger partial charge in [0.2, 0.25) is 0 Å². The molecule has 1 aromatic carbocycles. The lowest BCUT2D eigenvalue weighted by molar-refractivity contribution is 1.28. The van der Waals surface area contributed by atoms with Crippen LogP contribution in [0, 0.1) is 6.92 Å². The van der Waals surface area contributed by atoms with E-state index < -0.39 is 0 Å². The van der Waals surface area contributed by atoms with Gasteiger partial charge in [-0.3, -0.25) is 4.99 Å². The molecular weight excluding hydrogens is 206 g/mol. The molecule has 0 amide bonds. The van der Waals surface area contributed by atoms with Crippen molar-refractivity contribution in [2.45, 2.75) is 6.92 Å². The van der Waals surface area contributed by atoms with Crippen LogP contribution in [0.25, 0.3) is 0 Å². The predicted molar refractivity (Wildman–Crippen MR) is 63.8 cm³/mol. The molecular formula is C11H9N3S. The van der Waals surface area contributed by atoms with Crippen LogP contribution in [0.1, 0.15) is 10.7 Å². The highest BCUT2D eigenvalue weighted by Crippen LogP contribution is 2.34. The molecule has 3 rings (SSSR count). The van der Waals surface area contributed by atoms with Gasteiger partial charge in [0, 0.05) is 0 Å². The van der Waals surface area contributed by atoms with Crippen molar-refractivity contribution in [1.29, 1.82) is 0 Å². The second kappa shape index (κ2) is 3.17. The Morgan fingerprint density at radius 3 is 3.07 bits per heavy atom. The van der Waals surface area contributed by atoms with Crippen molar-refractivity contribution in [1.82, 2.24) is 4.98 Å². The van der Waals surface area contributed by atoms with Crippen LogP contribution >= 0.6 is 11.3 Å². The molecule has 0 fully saturated rings. The standard InChI is InChI=1S/C11H9N3S/c1-7-13-10-6-12-8-4-2-3-5-9(8)14-11(10)15-7/h2-6,14H,1H3. The van der Waals surface area contributed by atoms with E-state index in [1.54, 1.807) is 11.3 Å². The first-order valence-corrected chi connectivity index (χ1v) is 5.52. The van der Waals surface area contributed by atoms with Crippen molar-refractivity contribution in [3.8, 4) is 0 Å². The van der Waals surface area contributed by atoms with Gasteiger partial charge in [-0.15, -0.1) is 11.3 Å². The molecule has 1 aromatic heterocycles. The molecule has 0 aliphatic carbocycles. The first-order chi connectivity index (χ1) is 7.33. The number of benzene rings is 1. The van der Waals surface area contributed by atoms with E-state index in [0.717, 1.165) is 27.1 Å². The maximum absolute atomic E-state index is 4.40. The molecule has 0 spiro atoms. The molecule has 0 atom stereocenters. The van der Waals surface area contributed by atoms with Crippen LogP contribution < -0.4 is 5.32 Å². The largest absolute Gasteiger partial charge is 0.344 e. The summed E-state index contributed by atoms with van der Waals surface area (Å²) in [4.78, 5) is 8.80. The van der Waals surface area contributed by atoms with Gasteiger partial charge in [0.1, 0.15) is 10.7 Å². The molecule has 4 heteroatoms. The van der Waals surface area contributed by atoms with Crippen LogP contribution in [0.15, 0.2) is 29.3 Å². The SMILES string of the molecule is Cc1nc2c(s1)Nc1ccccc1N=C2. The number of aliphatic imine (C=N–C) groups is 1. The summed E-state index contributed by atoms with van der Waals surface area (Å²) in [5.41, 5.74) is 2.92. The summed E-state index contributed by atoms with van der Waals surface area (Å²) in [5, 5.41) is 5.48. The zero-order valence-corrected chi connectivity index (χ0v) is 9.01. The van der Waals surface area contributed by atoms with Crippen LogP contribution in [0.5, 0.6) is 0 Å². The number of hydrogen-bond donors (Lipinski definition) is 1. The van der Waals surface area contributed by atoms with Gasteiger partial charge >= 0.3 is 0 Å². The second-order valence-electron chi connectivity index (χ2n) is 3.35. The fourth-order valence-electron chi connectivity index (χ4n) is 1.57. The van der Waals surface area contributed by atoms with E-state index in [1.807, 2.05) is 37.4 Å². The molecule has 3 nitrogen and oxygen atoms in total. The highest BCUT2D eigenvalue weighted by molar-refractivity contribution is 7.16. The van der Waals surface area contributed by atoms with Crippen molar-refractivity contribution in [3.05, 3.63) is 35.0 Å². The maximum Gasteiger partial charge on any atom is 0.122 e. The first kappa shape index (κ1) is 8.61. The summed E-state index contributed by atoms with van der Waals surface area (Å²) in [7, 11) is 0. The summed E-state index contributed by atoms with van der Waals surface area (Å²) >= 11 is 1.65. The molecule has 1 N–H and O–H groups in total. The van der Waals surface area contributed by atoms with Gasteiger partial charge < -0.3 is 5.32 Å². The Morgan fingerprint density at radius 1 is 1.27 bits per heavy atom.